The number of aromatic nitrogens is 4. The fourth-order valence-electron chi connectivity index (χ4n) is 1.75. The van der Waals surface area contributed by atoms with Gasteiger partial charge in [-0.25, -0.2) is 9.67 Å². The Bertz CT molecular complexity index is 516. The van der Waals surface area contributed by atoms with Crippen molar-refractivity contribution in [1.82, 2.24) is 19.7 Å². The van der Waals surface area contributed by atoms with Crippen LogP contribution < -0.4 is 0 Å². The Labute approximate surface area is 107 Å². The second kappa shape index (κ2) is 5.27. The van der Waals surface area contributed by atoms with E-state index in [0.29, 0.717) is 5.69 Å². The minimum absolute atomic E-state index is 0.549. The van der Waals surface area contributed by atoms with Crippen molar-refractivity contribution in [3.05, 3.63) is 35.7 Å². The van der Waals surface area contributed by atoms with Crippen LogP contribution >= 0.6 is 0 Å². The van der Waals surface area contributed by atoms with Gasteiger partial charge in [0.05, 0.1) is 23.7 Å². The summed E-state index contributed by atoms with van der Waals surface area (Å²) in [5, 5.41) is 13.9. The molecule has 2 heterocycles. The standard InChI is InChI=1S/C13H18N4O/c1-4-12-15-13(5-2)17(16-12)10-6-7-11(9(3)18)14-8-10/h6-9,18H,4-5H2,1-3H3/t9-/m1/s1. The number of pyridine rings is 1. The third-order valence-corrected chi connectivity index (χ3v) is 2.79. The molecule has 1 atom stereocenters. The molecule has 0 aliphatic carbocycles. The largest absolute Gasteiger partial charge is 0.387 e. The van der Waals surface area contributed by atoms with Gasteiger partial charge < -0.3 is 5.11 Å². The third-order valence-electron chi connectivity index (χ3n) is 2.79. The maximum atomic E-state index is 9.43. The van der Waals surface area contributed by atoms with Crippen LogP contribution in [0.15, 0.2) is 18.3 Å². The molecule has 0 radical (unpaired) electrons. The first-order chi connectivity index (χ1) is 8.65. The van der Waals surface area contributed by atoms with Crippen molar-refractivity contribution in [2.75, 3.05) is 0 Å². The Hall–Kier alpha value is -1.75. The SMILES string of the molecule is CCc1nc(CC)n(-c2ccc([C@@H](C)O)nc2)n1. The van der Waals surface area contributed by atoms with Crippen molar-refractivity contribution in [1.29, 1.82) is 0 Å². The van der Waals surface area contributed by atoms with Gasteiger partial charge in [-0.15, -0.1) is 0 Å². The minimum atomic E-state index is -0.549. The van der Waals surface area contributed by atoms with E-state index in [0.717, 1.165) is 30.2 Å². The highest BCUT2D eigenvalue weighted by molar-refractivity contribution is 5.30. The van der Waals surface area contributed by atoms with Gasteiger partial charge in [-0.1, -0.05) is 13.8 Å². The molecule has 2 aromatic rings. The van der Waals surface area contributed by atoms with Gasteiger partial charge in [0.25, 0.3) is 0 Å². The second-order valence-electron chi connectivity index (χ2n) is 4.18. The van der Waals surface area contributed by atoms with Gasteiger partial charge in [-0.05, 0) is 19.1 Å². The van der Waals surface area contributed by atoms with Crippen LogP contribution in [0.3, 0.4) is 0 Å². The summed E-state index contributed by atoms with van der Waals surface area (Å²) in [4.78, 5) is 8.68. The normalized spacial score (nSPS) is 12.7. The molecule has 96 valence electrons. The van der Waals surface area contributed by atoms with Crippen molar-refractivity contribution in [2.45, 2.75) is 39.7 Å². The first kappa shape index (κ1) is 12.7. The highest BCUT2D eigenvalue weighted by Crippen LogP contribution is 2.13. The number of rotatable bonds is 4. The molecule has 0 fully saturated rings. The summed E-state index contributed by atoms with van der Waals surface area (Å²) in [6, 6.07) is 3.72. The molecule has 1 N–H and O–H groups in total. The Morgan fingerprint density at radius 2 is 2.06 bits per heavy atom. The van der Waals surface area contributed by atoms with Gasteiger partial charge in [0.1, 0.15) is 5.82 Å². The van der Waals surface area contributed by atoms with Crippen LogP contribution in [0, 0.1) is 0 Å². The number of hydrogen-bond donors (Lipinski definition) is 1. The predicted molar refractivity (Wildman–Crippen MR) is 68.5 cm³/mol. The molecule has 0 aliphatic rings. The van der Waals surface area contributed by atoms with E-state index in [1.807, 2.05) is 23.7 Å². The van der Waals surface area contributed by atoms with Gasteiger partial charge in [0.15, 0.2) is 5.82 Å². The van der Waals surface area contributed by atoms with Crippen LogP contribution in [-0.4, -0.2) is 24.9 Å². The van der Waals surface area contributed by atoms with Crippen molar-refractivity contribution in [3.63, 3.8) is 0 Å². The highest BCUT2D eigenvalue weighted by atomic mass is 16.3. The maximum Gasteiger partial charge on any atom is 0.151 e. The Balaban J connectivity index is 2.38. The summed E-state index contributed by atoms with van der Waals surface area (Å²) in [7, 11) is 0. The van der Waals surface area contributed by atoms with Crippen LogP contribution in [0.4, 0.5) is 0 Å². The molecule has 2 rings (SSSR count). The molecule has 0 saturated carbocycles. The lowest BCUT2D eigenvalue weighted by molar-refractivity contribution is 0.194. The fourth-order valence-corrected chi connectivity index (χ4v) is 1.75. The summed E-state index contributed by atoms with van der Waals surface area (Å²) in [5.74, 6) is 1.77. The molecule has 0 unspecified atom stereocenters. The number of aliphatic hydroxyl groups excluding tert-OH is 1. The number of aryl methyl sites for hydroxylation is 2. The van der Waals surface area contributed by atoms with Crippen molar-refractivity contribution in [2.24, 2.45) is 0 Å². The summed E-state index contributed by atoms with van der Waals surface area (Å²) in [6.45, 7) is 5.79. The summed E-state index contributed by atoms with van der Waals surface area (Å²) in [6.07, 6.45) is 2.81. The number of nitrogens with zero attached hydrogens (tertiary/aromatic N) is 4. The predicted octanol–water partition coefficient (Wildman–Crippen LogP) is 1.84. The van der Waals surface area contributed by atoms with Gasteiger partial charge in [-0.2, -0.15) is 5.10 Å². The van der Waals surface area contributed by atoms with Crippen LogP contribution in [0.25, 0.3) is 5.69 Å². The van der Waals surface area contributed by atoms with E-state index < -0.39 is 6.10 Å². The molecule has 0 saturated heterocycles. The first-order valence-corrected chi connectivity index (χ1v) is 6.24. The maximum absolute atomic E-state index is 9.43. The fraction of sp³-hybridized carbons (Fsp3) is 0.462. The van der Waals surface area contributed by atoms with E-state index in [9.17, 15) is 5.11 Å². The minimum Gasteiger partial charge on any atom is -0.387 e. The molecule has 5 nitrogen and oxygen atoms in total. The summed E-state index contributed by atoms with van der Waals surface area (Å²) >= 11 is 0. The molecular formula is C13H18N4O. The molecule has 0 bridgehead atoms. The van der Waals surface area contributed by atoms with Crippen LogP contribution in [0.2, 0.25) is 0 Å². The van der Waals surface area contributed by atoms with E-state index in [2.05, 4.69) is 22.0 Å². The van der Waals surface area contributed by atoms with Crippen LogP contribution in [-0.2, 0) is 12.8 Å². The Morgan fingerprint density at radius 3 is 2.56 bits per heavy atom. The summed E-state index contributed by atoms with van der Waals surface area (Å²) in [5.41, 5.74) is 1.54. The van der Waals surface area contributed by atoms with Crippen LogP contribution in [0.5, 0.6) is 0 Å². The molecule has 0 amide bonds. The highest BCUT2D eigenvalue weighted by Gasteiger charge is 2.10. The zero-order valence-corrected chi connectivity index (χ0v) is 11.0. The molecule has 0 aliphatic heterocycles. The van der Waals surface area contributed by atoms with Gasteiger partial charge >= 0.3 is 0 Å². The molecule has 0 spiro atoms. The lowest BCUT2D eigenvalue weighted by atomic mass is 10.2. The Kier molecular flexibility index (Phi) is 3.72. The zero-order valence-electron chi connectivity index (χ0n) is 11.0. The van der Waals surface area contributed by atoms with E-state index in [1.165, 1.54) is 0 Å². The molecule has 0 aromatic carbocycles. The monoisotopic (exact) mass is 246 g/mol. The first-order valence-electron chi connectivity index (χ1n) is 6.24. The quantitative estimate of drug-likeness (QED) is 0.894. The molecule has 2 aromatic heterocycles. The number of aliphatic hydroxyl groups is 1. The van der Waals surface area contributed by atoms with E-state index in [1.54, 1.807) is 13.1 Å². The number of hydrogen-bond acceptors (Lipinski definition) is 4. The van der Waals surface area contributed by atoms with Crippen molar-refractivity contribution < 1.29 is 5.11 Å². The van der Waals surface area contributed by atoms with Crippen LogP contribution in [0.1, 0.15) is 44.2 Å². The lowest BCUT2D eigenvalue weighted by Crippen LogP contribution is -2.04. The third kappa shape index (κ3) is 2.41. The van der Waals surface area contributed by atoms with Gasteiger partial charge in [0, 0.05) is 12.8 Å². The van der Waals surface area contributed by atoms with E-state index in [-0.39, 0.29) is 0 Å². The Morgan fingerprint density at radius 1 is 1.28 bits per heavy atom. The average molecular weight is 246 g/mol. The second-order valence-corrected chi connectivity index (χ2v) is 4.18. The lowest BCUT2D eigenvalue weighted by Gasteiger charge is -2.06. The van der Waals surface area contributed by atoms with Crippen molar-refractivity contribution >= 4 is 0 Å². The van der Waals surface area contributed by atoms with Gasteiger partial charge in [0.2, 0.25) is 0 Å². The molecule has 18 heavy (non-hydrogen) atoms. The van der Waals surface area contributed by atoms with Crippen molar-refractivity contribution in [3.8, 4) is 5.69 Å². The smallest absolute Gasteiger partial charge is 0.151 e. The average Bonchev–Trinajstić information content (AvgIpc) is 2.82. The van der Waals surface area contributed by atoms with Gasteiger partial charge in [-0.3, -0.25) is 4.98 Å². The van der Waals surface area contributed by atoms with E-state index in [4.69, 9.17) is 0 Å². The molecule has 5 heteroatoms. The molecular weight excluding hydrogens is 228 g/mol. The zero-order chi connectivity index (χ0) is 13.1. The van der Waals surface area contributed by atoms with E-state index >= 15 is 0 Å². The topological polar surface area (TPSA) is 63.8 Å². The summed E-state index contributed by atoms with van der Waals surface area (Å²) < 4.78 is 1.82.